The number of para-hydroxylation sites is 1. The summed E-state index contributed by atoms with van der Waals surface area (Å²) < 4.78 is 17.1. The van der Waals surface area contributed by atoms with E-state index in [1.54, 1.807) is 19.2 Å². The van der Waals surface area contributed by atoms with Crippen LogP contribution in [0, 0.1) is 0 Å². The van der Waals surface area contributed by atoms with Crippen LogP contribution in [0.3, 0.4) is 0 Å². The van der Waals surface area contributed by atoms with Gasteiger partial charge in [0.25, 0.3) is 0 Å². The summed E-state index contributed by atoms with van der Waals surface area (Å²) in [5.41, 5.74) is 1.52. The van der Waals surface area contributed by atoms with E-state index in [1.807, 2.05) is 30.3 Å². The zero-order valence-corrected chi connectivity index (χ0v) is 21.8. The minimum absolute atomic E-state index is 0. The fourth-order valence-corrected chi connectivity index (χ4v) is 4.10. The highest BCUT2D eigenvalue weighted by Gasteiger charge is 2.13. The largest absolute Gasteiger partial charge is 0.504 e. The van der Waals surface area contributed by atoms with E-state index in [4.69, 9.17) is 13.9 Å². The number of fused-ring (bicyclic) bond motifs is 1. The molecule has 1 aromatic heterocycles. The second-order valence-corrected chi connectivity index (χ2v) is 8.55. The van der Waals surface area contributed by atoms with Gasteiger partial charge in [0.1, 0.15) is 17.3 Å². The fraction of sp³-hybridized carbons (Fsp3) is 0.276. The Hall–Kier alpha value is -3.68. The minimum Gasteiger partial charge on any atom is -0.504 e. The number of methoxy groups -OCH3 is 1. The Balaban J connectivity index is 0.00000380. The monoisotopic (exact) mass is 525 g/mol. The highest BCUT2D eigenvalue weighted by molar-refractivity contribution is 5.86. The van der Waals surface area contributed by atoms with E-state index < -0.39 is 5.75 Å². The minimum atomic E-state index is -0.448. The first-order chi connectivity index (χ1) is 17.5. The number of hydrogen-bond acceptors (Lipinski definition) is 7. The summed E-state index contributed by atoms with van der Waals surface area (Å²) >= 11 is 0. The summed E-state index contributed by atoms with van der Waals surface area (Å²) in [4.78, 5) is 14.8. The first-order valence-corrected chi connectivity index (χ1v) is 12.1. The van der Waals surface area contributed by atoms with Crippen LogP contribution in [0.4, 0.5) is 0 Å². The second kappa shape index (κ2) is 13.0. The summed E-state index contributed by atoms with van der Waals surface area (Å²) in [7, 11) is 1.70. The molecule has 0 aliphatic heterocycles. The van der Waals surface area contributed by atoms with Gasteiger partial charge < -0.3 is 24.1 Å². The van der Waals surface area contributed by atoms with Gasteiger partial charge in [-0.05, 0) is 68.4 Å². The lowest BCUT2D eigenvalue weighted by Gasteiger charge is -2.21. The molecule has 0 saturated heterocycles. The molecule has 37 heavy (non-hydrogen) atoms. The van der Waals surface area contributed by atoms with Gasteiger partial charge >= 0.3 is 0 Å². The molecule has 0 aliphatic carbocycles. The number of aromatic hydroxyl groups is 2. The van der Waals surface area contributed by atoms with E-state index in [2.05, 4.69) is 17.9 Å². The van der Waals surface area contributed by atoms with Crippen molar-refractivity contribution < 1.29 is 24.1 Å². The molecular weight excluding hydrogens is 494 g/mol. The first kappa shape index (κ1) is 27.9. The Bertz CT molecular complexity index is 1370. The van der Waals surface area contributed by atoms with E-state index >= 15 is 0 Å². The highest BCUT2D eigenvalue weighted by atomic mass is 35.5. The van der Waals surface area contributed by atoms with Crippen LogP contribution in [-0.4, -0.2) is 41.9 Å². The molecule has 196 valence electrons. The molecule has 0 aliphatic rings. The number of rotatable bonds is 11. The number of phenolic OH excluding ortho intramolecular Hbond substituents is 2. The van der Waals surface area contributed by atoms with Crippen LogP contribution in [0.25, 0.3) is 22.3 Å². The normalized spacial score (nSPS) is 10.9. The lowest BCUT2D eigenvalue weighted by molar-refractivity contribution is 0.249. The lowest BCUT2D eigenvalue weighted by Crippen LogP contribution is -2.24. The van der Waals surface area contributed by atoms with Gasteiger partial charge in [-0.2, -0.15) is 0 Å². The summed E-state index contributed by atoms with van der Waals surface area (Å²) in [5.74, 6) is 1.16. The predicted molar refractivity (Wildman–Crippen MR) is 147 cm³/mol. The molecule has 4 aromatic rings. The van der Waals surface area contributed by atoms with Gasteiger partial charge in [0.05, 0.1) is 19.1 Å². The Kier molecular flexibility index (Phi) is 9.83. The van der Waals surface area contributed by atoms with Crippen molar-refractivity contribution in [1.82, 2.24) is 4.90 Å². The topological polar surface area (TPSA) is 92.4 Å². The summed E-state index contributed by atoms with van der Waals surface area (Å²) in [6.07, 6.45) is 1.94. The maximum absolute atomic E-state index is 12.4. The molecule has 1 heterocycles. The van der Waals surface area contributed by atoms with Gasteiger partial charge in [0.2, 0.25) is 5.75 Å². The molecule has 0 radical (unpaired) electrons. The number of hydrogen-bond donors (Lipinski definition) is 2. The molecule has 4 rings (SSSR count). The van der Waals surface area contributed by atoms with Crippen LogP contribution in [0.15, 0.2) is 75.9 Å². The number of unbranched alkanes of at least 4 members (excludes halogenated alkanes) is 1. The molecule has 0 fully saturated rings. The molecule has 8 heteroatoms. The third-order valence-corrected chi connectivity index (χ3v) is 6.16. The van der Waals surface area contributed by atoms with Crippen LogP contribution < -0.4 is 14.9 Å². The van der Waals surface area contributed by atoms with Crippen LogP contribution in [0.2, 0.25) is 0 Å². The number of halogens is 1. The van der Waals surface area contributed by atoms with Gasteiger partial charge in [0.15, 0.2) is 16.8 Å². The van der Waals surface area contributed by atoms with E-state index in [0.717, 1.165) is 44.0 Å². The Morgan fingerprint density at radius 1 is 0.973 bits per heavy atom. The van der Waals surface area contributed by atoms with Gasteiger partial charge in [-0.25, -0.2) is 0 Å². The number of benzene rings is 3. The van der Waals surface area contributed by atoms with Crippen molar-refractivity contribution in [2.24, 2.45) is 0 Å². The average molecular weight is 526 g/mol. The van der Waals surface area contributed by atoms with Crippen LogP contribution >= 0.6 is 12.4 Å². The fourth-order valence-electron chi connectivity index (χ4n) is 4.10. The molecule has 2 N–H and O–H groups in total. The molecule has 0 bridgehead atoms. The van der Waals surface area contributed by atoms with Crippen molar-refractivity contribution in [2.45, 2.75) is 26.3 Å². The van der Waals surface area contributed by atoms with Gasteiger partial charge in [-0.3, -0.25) is 9.69 Å². The molecule has 3 aromatic carbocycles. The predicted octanol–water partition coefficient (Wildman–Crippen LogP) is 5.98. The first-order valence-electron chi connectivity index (χ1n) is 12.1. The van der Waals surface area contributed by atoms with E-state index in [1.165, 1.54) is 23.8 Å². The molecule has 7 nitrogen and oxygen atoms in total. The molecular formula is C29H32ClNO6. The van der Waals surface area contributed by atoms with Gasteiger partial charge in [-0.15, -0.1) is 12.4 Å². The molecule has 0 unspecified atom stereocenters. The Morgan fingerprint density at radius 2 is 1.73 bits per heavy atom. The standard InChI is InChI=1S/C29H31NO6.ClH/c1-3-30(19-21-8-4-5-9-26(21)34-2)16-6-7-17-35-22-12-10-20(11-13-22)27-18-25(32)23-14-15-24(31)28(33)29(23)36-27;/h4-5,8-15,18,31,33H,3,6-7,16-17,19H2,1-2H3;1H. The van der Waals surface area contributed by atoms with Crippen molar-refractivity contribution in [2.75, 3.05) is 26.8 Å². The Labute approximate surface area is 222 Å². The third kappa shape index (κ3) is 6.76. The van der Waals surface area contributed by atoms with Crippen molar-refractivity contribution in [3.05, 3.63) is 82.5 Å². The maximum atomic E-state index is 12.4. The maximum Gasteiger partial charge on any atom is 0.201 e. The van der Waals surface area contributed by atoms with Crippen molar-refractivity contribution in [1.29, 1.82) is 0 Å². The quantitative estimate of drug-likeness (QED) is 0.184. The zero-order valence-electron chi connectivity index (χ0n) is 21.0. The zero-order chi connectivity index (χ0) is 25.5. The second-order valence-electron chi connectivity index (χ2n) is 8.55. The number of ether oxygens (including phenoxy) is 2. The van der Waals surface area contributed by atoms with Crippen molar-refractivity contribution in [3.63, 3.8) is 0 Å². The Morgan fingerprint density at radius 3 is 2.46 bits per heavy atom. The van der Waals surface area contributed by atoms with Crippen molar-refractivity contribution in [3.8, 4) is 34.3 Å². The summed E-state index contributed by atoms with van der Waals surface area (Å²) in [5, 5.41) is 20.0. The van der Waals surface area contributed by atoms with E-state index in [-0.39, 0.29) is 34.6 Å². The molecule has 0 atom stereocenters. The number of phenols is 2. The van der Waals surface area contributed by atoms with Crippen LogP contribution in [0.5, 0.6) is 23.0 Å². The van der Waals surface area contributed by atoms with Crippen molar-refractivity contribution >= 4 is 23.4 Å². The highest BCUT2D eigenvalue weighted by Crippen LogP contribution is 2.34. The third-order valence-electron chi connectivity index (χ3n) is 6.16. The SMILES string of the molecule is CCN(CCCCOc1ccc(-c2cc(=O)c3ccc(O)c(O)c3o2)cc1)Cc1ccccc1OC.Cl. The summed E-state index contributed by atoms with van der Waals surface area (Å²) in [6.45, 7) is 5.55. The lowest BCUT2D eigenvalue weighted by atomic mass is 10.1. The summed E-state index contributed by atoms with van der Waals surface area (Å²) in [6, 6.07) is 19.4. The van der Waals surface area contributed by atoms with Gasteiger partial charge in [0, 0.05) is 23.7 Å². The molecule has 0 amide bonds. The van der Waals surface area contributed by atoms with Crippen LogP contribution in [0.1, 0.15) is 25.3 Å². The van der Waals surface area contributed by atoms with Crippen LogP contribution in [-0.2, 0) is 6.54 Å². The molecule has 0 saturated carbocycles. The van der Waals surface area contributed by atoms with E-state index in [9.17, 15) is 15.0 Å². The smallest absolute Gasteiger partial charge is 0.201 e. The number of nitrogens with zero attached hydrogens (tertiary/aromatic N) is 1. The molecule has 0 spiro atoms. The average Bonchev–Trinajstić information content (AvgIpc) is 2.90. The van der Waals surface area contributed by atoms with Gasteiger partial charge in [-0.1, -0.05) is 25.1 Å². The van der Waals surface area contributed by atoms with E-state index in [0.29, 0.717) is 17.9 Å².